The summed E-state index contributed by atoms with van der Waals surface area (Å²) in [6.07, 6.45) is 2.11. The molecule has 0 aliphatic carbocycles. The zero-order valence-electron chi connectivity index (χ0n) is 12.8. The van der Waals surface area contributed by atoms with Crippen molar-refractivity contribution in [2.24, 2.45) is 0 Å². The highest BCUT2D eigenvalue weighted by molar-refractivity contribution is 5.24. The SMILES string of the molecule is CCCc1ccc(C(C)NC(C)C(OC)OC)cc1. The van der Waals surface area contributed by atoms with Crippen molar-refractivity contribution in [3.05, 3.63) is 35.4 Å². The Balaban J connectivity index is 2.59. The fourth-order valence-electron chi connectivity index (χ4n) is 2.34. The summed E-state index contributed by atoms with van der Waals surface area (Å²) < 4.78 is 10.5. The van der Waals surface area contributed by atoms with Crippen LogP contribution in [0.1, 0.15) is 44.4 Å². The Labute approximate surface area is 117 Å². The van der Waals surface area contributed by atoms with Gasteiger partial charge in [-0.2, -0.15) is 0 Å². The molecule has 1 N–H and O–H groups in total. The Morgan fingerprint density at radius 3 is 2.11 bits per heavy atom. The highest BCUT2D eigenvalue weighted by atomic mass is 16.7. The minimum atomic E-state index is -0.221. The molecule has 19 heavy (non-hydrogen) atoms. The number of hydrogen-bond acceptors (Lipinski definition) is 3. The third-order valence-electron chi connectivity index (χ3n) is 3.40. The number of ether oxygens (including phenoxy) is 2. The summed E-state index contributed by atoms with van der Waals surface area (Å²) >= 11 is 0. The summed E-state index contributed by atoms with van der Waals surface area (Å²) in [5, 5.41) is 3.50. The largest absolute Gasteiger partial charge is 0.354 e. The van der Waals surface area contributed by atoms with Gasteiger partial charge in [-0.05, 0) is 31.4 Å². The zero-order chi connectivity index (χ0) is 14.3. The third-order valence-corrected chi connectivity index (χ3v) is 3.40. The maximum atomic E-state index is 5.26. The van der Waals surface area contributed by atoms with Crippen molar-refractivity contribution in [3.8, 4) is 0 Å². The highest BCUT2D eigenvalue weighted by Crippen LogP contribution is 2.16. The van der Waals surface area contributed by atoms with E-state index in [0.29, 0.717) is 0 Å². The van der Waals surface area contributed by atoms with Crippen LogP contribution in [0.15, 0.2) is 24.3 Å². The Morgan fingerprint density at radius 1 is 1.05 bits per heavy atom. The van der Waals surface area contributed by atoms with Gasteiger partial charge in [0.2, 0.25) is 0 Å². The van der Waals surface area contributed by atoms with E-state index in [0.717, 1.165) is 6.42 Å². The fourth-order valence-corrected chi connectivity index (χ4v) is 2.34. The van der Waals surface area contributed by atoms with Gasteiger partial charge in [0.05, 0.1) is 6.04 Å². The van der Waals surface area contributed by atoms with Gasteiger partial charge in [0.15, 0.2) is 6.29 Å². The monoisotopic (exact) mass is 265 g/mol. The van der Waals surface area contributed by atoms with Crippen molar-refractivity contribution in [3.63, 3.8) is 0 Å². The molecule has 2 atom stereocenters. The molecule has 1 aromatic rings. The van der Waals surface area contributed by atoms with E-state index in [1.807, 2.05) is 0 Å². The van der Waals surface area contributed by atoms with E-state index in [4.69, 9.17) is 9.47 Å². The summed E-state index contributed by atoms with van der Waals surface area (Å²) in [7, 11) is 3.33. The number of benzene rings is 1. The van der Waals surface area contributed by atoms with E-state index in [1.165, 1.54) is 17.5 Å². The van der Waals surface area contributed by atoms with Crippen molar-refractivity contribution >= 4 is 0 Å². The molecule has 0 amide bonds. The van der Waals surface area contributed by atoms with Crippen molar-refractivity contribution < 1.29 is 9.47 Å². The van der Waals surface area contributed by atoms with Crippen LogP contribution < -0.4 is 5.32 Å². The smallest absolute Gasteiger partial charge is 0.171 e. The van der Waals surface area contributed by atoms with Gasteiger partial charge in [-0.15, -0.1) is 0 Å². The molecule has 2 unspecified atom stereocenters. The van der Waals surface area contributed by atoms with Crippen LogP contribution in [-0.4, -0.2) is 26.6 Å². The second-order valence-corrected chi connectivity index (χ2v) is 5.01. The first-order chi connectivity index (χ1) is 9.12. The molecule has 3 nitrogen and oxygen atoms in total. The standard InChI is InChI=1S/C16H27NO2/c1-6-7-14-8-10-15(11-9-14)12(2)17-13(3)16(18-4)19-5/h8-13,16-17H,6-7H2,1-5H3. The van der Waals surface area contributed by atoms with Gasteiger partial charge in [-0.25, -0.2) is 0 Å². The molecule has 0 fully saturated rings. The molecule has 3 heteroatoms. The van der Waals surface area contributed by atoms with Crippen molar-refractivity contribution in [1.82, 2.24) is 5.32 Å². The van der Waals surface area contributed by atoms with Crippen LogP contribution in [0.2, 0.25) is 0 Å². The lowest BCUT2D eigenvalue weighted by molar-refractivity contribution is -0.120. The zero-order valence-corrected chi connectivity index (χ0v) is 12.8. The summed E-state index contributed by atoms with van der Waals surface area (Å²) in [5.74, 6) is 0. The van der Waals surface area contributed by atoms with Crippen LogP contribution >= 0.6 is 0 Å². The second kappa shape index (κ2) is 8.31. The minimum Gasteiger partial charge on any atom is -0.354 e. The molecular formula is C16H27NO2. The first-order valence-electron chi connectivity index (χ1n) is 7.02. The van der Waals surface area contributed by atoms with Crippen molar-refractivity contribution in [2.45, 2.75) is 52.0 Å². The quantitative estimate of drug-likeness (QED) is 0.732. The highest BCUT2D eigenvalue weighted by Gasteiger charge is 2.18. The van der Waals surface area contributed by atoms with Gasteiger partial charge in [0, 0.05) is 20.3 Å². The van der Waals surface area contributed by atoms with E-state index >= 15 is 0 Å². The molecule has 1 aromatic carbocycles. The van der Waals surface area contributed by atoms with Crippen LogP contribution in [0.25, 0.3) is 0 Å². The van der Waals surface area contributed by atoms with E-state index in [2.05, 4.69) is 50.4 Å². The number of aryl methyl sites for hydroxylation is 1. The number of hydrogen-bond donors (Lipinski definition) is 1. The Hall–Kier alpha value is -0.900. The minimum absolute atomic E-state index is 0.139. The molecule has 0 bridgehead atoms. The predicted molar refractivity (Wildman–Crippen MR) is 79.3 cm³/mol. The number of methoxy groups -OCH3 is 2. The summed E-state index contributed by atoms with van der Waals surface area (Å²) in [6.45, 7) is 6.43. The Morgan fingerprint density at radius 2 is 1.63 bits per heavy atom. The maximum Gasteiger partial charge on any atom is 0.171 e. The summed E-state index contributed by atoms with van der Waals surface area (Å²) in [5.41, 5.74) is 2.69. The van der Waals surface area contributed by atoms with Crippen LogP contribution in [-0.2, 0) is 15.9 Å². The lowest BCUT2D eigenvalue weighted by Crippen LogP contribution is -2.40. The molecule has 0 heterocycles. The van der Waals surface area contributed by atoms with E-state index in [1.54, 1.807) is 14.2 Å². The Kier molecular flexibility index (Phi) is 7.06. The third kappa shape index (κ3) is 4.94. The normalized spacial score (nSPS) is 14.6. The molecular weight excluding hydrogens is 238 g/mol. The average Bonchev–Trinajstić information content (AvgIpc) is 2.41. The number of rotatable bonds is 8. The predicted octanol–water partition coefficient (Wildman–Crippen LogP) is 3.30. The molecule has 0 saturated heterocycles. The molecule has 0 saturated carbocycles. The maximum absolute atomic E-state index is 5.26. The van der Waals surface area contributed by atoms with Crippen LogP contribution in [0.5, 0.6) is 0 Å². The van der Waals surface area contributed by atoms with Crippen molar-refractivity contribution in [2.75, 3.05) is 14.2 Å². The number of nitrogens with one attached hydrogen (secondary N) is 1. The van der Waals surface area contributed by atoms with E-state index in [9.17, 15) is 0 Å². The van der Waals surface area contributed by atoms with Crippen LogP contribution in [0.4, 0.5) is 0 Å². The molecule has 0 aromatic heterocycles. The molecule has 108 valence electrons. The van der Waals surface area contributed by atoms with Crippen LogP contribution in [0.3, 0.4) is 0 Å². The fraction of sp³-hybridized carbons (Fsp3) is 0.625. The van der Waals surface area contributed by atoms with Gasteiger partial charge in [0.25, 0.3) is 0 Å². The molecule has 0 spiro atoms. The lowest BCUT2D eigenvalue weighted by atomic mass is 10.0. The van der Waals surface area contributed by atoms with Gasteiger partial charge in [0.1, 0.15) is 0 Å². The average molecular weight is 265 g/mol. The van der Waals surface area contributed by atoms with Gasteiger partial charge in [-0.3, -0.25) is 0 Å². The molecule has 0 aliphatic rings. The molecule has 0 radical (unpaired) electrons. The first kappa shape index (κ1) is 16.2. The van der Waals surface area contributed by atoms with Gasteiger partial charge >= 0.3 is 0 Å². The summed E-state index contributed by atoms with van der Waals surface area (Å²) in [4.78, 5) is 0. The van der Waals surface area contributed by atoms with E-state index < -0.39 is 0 Å². The molecule has 1 rings (SSSR count). The van der Waals surface area contributed by atoms with Gasteiger partial charge < -0.3 is 14.8 Å². The van der Waals surface area contributed by atoms with Crippen LogP contribution in [0, 0.1) is 0 Å². The first-order valence-corrected chi connectivity index (χ1v) is 7.02. The van der Waals surface area contributed by atoms with Crippen molar-refractivity contribution in [1.29, 1.82) is 0 Å². The summed E-state index contributed by atoms with van der Waals surface area (Å²) in [6, 6.07) is 9.24. The van der Waals surface area contributed by atoms with Gasteiger partial charge in [-0.1, -0.05) is 37.6 Å². The topological polar surface area (TPSA) is 30.5 Å². The second-order valence-electron chi connectivity index (χ2n) is 5.01. The Bertz CT molecular complexity index is 346. The lowest BCUT2D eigenvalue weighted by Gasteiger charge is -2.26. The molecule has 0 aliphatic heterocycles. The van der Waals surface area contributed by atoms with E-state index in [-0.39, 0.29) is 18.4 Å².